The summed E-state index contributed by atoms with van der Waals surface area (Å²) in [4.78, 5) is 3.87. The molecule has 0 fully saturated rings. The Bertz CT molecular complexity index is 516. The highest BCUT2D eigenvalue weighted by atomic mass is 16.5. The van der Waals surface area contributed by atoms with Crippen LogP contribution in [0.15, 0.2) is 30.9 Å². The summed E-state index contributed by atoms with van der Waals surface area (Å²) in [7, 11) is -1.54. The van der Waals surface area contributed by atoms with Gasteiger partial charge in [-0.2, -0.15) is 5.10 Å². The molecule has 0 atom stereocenters. The van der Waals surface area contributed by atoms with Crippen LogP contribution in [-0.2, 0) is 13.2 Å². The second-order valence-corrected chi connectivity index (χ2v) is 3.82. The maximum atomic E-state index is 9.02. The van der Waals surface area contributed by atoms with E-state index in [-0.39, 0.29) is 0 Å². The number of nitrogens with zero attached hydrogens (tertiary/aromatic N) is 3. The molecule has 7 heteroatoms. The minimum Gasteiger partial charge on any atom is -0.487 e. The monoisotopic (exact) mass is 247 g/mol. The van der Waals surface area contributed by atoms with Crippen molar-refractivity contribution in [2.75, 3.05) is 0 Å². The molecule has 2 heterocycles. The number of aryl methyl sites for hydroxylation is 1. The Morgan fingerprint density at radius 2 is 2.17 bits per heavy atom. The Kier molecular flexibility index (Phi) is 3.96. The number of pyridine rings is 1. The molecular formula is C11H14BN3O3. The zero-order chi connectivity index (χ0) is 13.0. The molecule has 0 bridgehead atoms. The molecule has 0 aromatic carbocycles. The maximum Gasteiger partial charge on any atom is 0.490 e. The molecule has 0 aliphatic carbocycles. The molecule has 0 saturated carbocycles. The second-order valence-electron chi connectivity index (χ2n) is 3.82. The van der Waals surface area contributed by atoms with Gasteiger partial charge in [0.1, 0.15) is 12.4 Å². The first-order valence-electron chi connectivity index (χ1n) is 5.64. The van der Waals surface area contributed by atoms with Crippen LogP contribution in [0.2, 0.25) is 0 Å². The van der Waals surface area contributed by atoms with Gasteiger partial charge >= 0.3 is 7.12 Å². The van der Waals surface area contributed by atoms with Crippen LogP contribution in [0.3, 0.4) is 0 Å². The first kappa shape index (κ1) is 12.6. The molecule has 0 radical (unpaired) electrons. The van der Waals surface area contributed by atoms with Gasteiger partial charge in [0.25, 0.3) is 0 Å². The molecule has 0 amide bonds. The van der Waals surface area contributed by atoms with Gasteiger partial charge in [-0.1, -0.05) is 0 Å². The first-order chi connectivity index (χ1) is 8.69. The van der Waals surface area contributed by atoms with Gasteiger partial charge in [0.2, 0.25) is 0 Å². The molecule has 2 aromatic rings. The average Bonchev–Trinajstić information content (AvgIpc) is 2.84. The molecular weight excluding hydrogens is 233 g/mol. The molecule has 0 saturated heterocycles. The van der Waals surface area contributed by atoms with Gasteiger partial charge in [-0.15, -0.1) is 0 Å². The standard InChI is InChI=1S/C11H14BN3O3/c1-2-15-7-9(4-14-15)8-18-11-3-10(12(16)17)5-13-6-11/h3-7,16-17H,2,8H2,1H3. The largest absolute Gasteiger partial charge is 0.490 e. The highest BCUT2D eigenvalue weighted by Gasteiger charge is 2.12. The Morgan fingerprint density at radius 1 is 1.33 bits per heavy atom. The topological polar surface area (TPSA) is 80.4 Å². The van der Waals surface area contributed by atoms with Crippen LogP contribution < -0.4 is 10.2 Å². The maximum absolute atomic E-state index is 9.02. The van der Waals surface area contributed by atoms with E-state index in [0.717, 1.165) is 12.1 Å². The van der Waals surface area contributed by atoms with Crippen molar-refractivity contribution in [3.63, 3.8) is 0 Å². The predicted octanol–water partition coefficient (Wildman–Crippen LogP) is -0.443. The van der Waals surface area contributed by atoms with Crippen molar-refractivity contribution in [2.45, 2.75) is 20.1 Å². The van der Waals surface area contributed by atoms with Crippen molar-refractivity contribution >= 4 is 12.6 Å². The Morgan fingerprint density at radius 3 is 2.83 bits per heavy atom. The van der Waals surface area contributed by atoms with Crippen molar-refractivity contribution in [3.05, 3.63) is 36.4 Å². The number of hydrogen-bond acceptors (Lipinski definition) is 5. The van der Waals surface area contributed by atoms with Gasteiger partial charge < -0.3 is 14.8 Å². The SMILES string of the molecule is CCn1cc(COc2cncc(B(O)O)c2)cn1. The van der Waals surface area contributed by atoms with Crippen LogP contribution >= 0.6 is 0 Å². The van der Waals surface area contributed by atoms with E-state index in [1.807, 2.05) is 17.8 Å². The normalized spacial score (nSPS) is 10.4. The fraction of sp³-hybridized carbons (Fsp3) is 0.273. The number of rotatable bonds is 5. The van der Waals surface area contributed by atoms with Crippen molar-refractivity contribution in [2.24, 2.45) is 0 Å². The third kappa shape index (κ3) is 3.09. The van der Waals surface area contributed by atoms with E-state index >= 15 is 0 Å². The summed E-state index contributed by atoms with van der Waals surface area (Å²) in [5, 5.41) is 22.2. The lowest BCUT2D eigenvalue weighted by atomic mass is 9.82. The minimum absolute atomic E-state index is 0.303. The predicted molar refractivity (Wildman–Crippen MR) is 66.3 cm³/mol. The van der Waals surface area contributed by atoms with Gasteiger partial charge in [0.15, 0.2) is 0 Å². The van der Waals surface area contributed by atoms with E-state index in [1.165, 1.54) is 12.4 Å². The Hall–Kier alpha value is -1.86. The fourth-order valence-corrected chi connectivity index (χ4v) is 1.48. The van der Waals surface area contributed by atoms with Gasteiger partial charge in [-0.3, -0.25) is 9.67 Å². The summed E-state index contributed by atoms with van der Waals surface area (Å²) >= 11 is 0. The Labute approximate surface area is 105 Å². The molecule has 2 rings (SSSR count). The number of ether oxygens (including phenoxy) is 1. The van der Waals surface area contributed by atoms with E-state index in [2.05, 4.69) is 10.1 Å². The molecule has 94 valence electrons. The van der Waals surface area contributed by atoms with Crippen molar-refractivity contribution in [1.29, 1.82) is 0 Å². The lowest BCUT2D eigenvalue weighted by Gasteiger charge is -2.05. The lowest BCUT2D eigenvalue weighted by Crippen LogP contribution is -2.30. The third-order valence-electron chi connectivity index (χ3n) is 2.45. The highest BCUT2D eigenvalue weighted by Crippen LogP contribution is 2.09. The van der Waals surface area contributed by atoms with E-state index in [1.54, 1.807) is 12.3 Å². The van der Waals surface area contributed by atoms with Crippen LogP contribution in [0.1, 0.15) is 12.5 Å². The molecule has 0 spiro atoms. The van der Waals surface area contributed by atoms with E-state index in [4.69, 9.17) is 14.8 Å². The molecule has 0 aliphatic rings. The molecule has 2 aromatic heterocycles. The van der Waals surface area contributed by atoms with Gasteiger partial charge in [-0.05, 0) is 13.0 Å². The van der Waals surface area contributed by atoms with Crippen LogP contribution in [-0.4, -0.2) is 31.9 Å². The van der Waals surface area contributed by atoms with Crippen LogP contribution in [0.4, 0.5) is 0 Å². The molecule has 18 heavy (non-hydrogen) atoms. The summed E-state index contributed by atoms with van der Waals surface area (Å²) in [5.74, 6) is 0.491. The van der Waals surface area contributed by atoms with Crippen LogP contribution in [0.25, 0.3) is 0 Å². The molecule has 0 aliphatic heterocycles. The van der Waals surface area contributed by atoms with Gasteiger partial charge in [-0.25, -0.2) is 0 Å². The lowest BCUT2D eigenvalue weighted by molar-refractivity contribution is 0.305. The zero-order valence-electron chi connectivity index (χ0n) is 10.0. The molecule has 0 unspecified atom stereocenters. The second kappa shape index (κ2) is 5.66. The van der Waals surface area contributed by atoms with Crippen molar-refractivity contribution in [3.8, 4) is 5.75 Å². The quantitative estimate of drug-likeness (QED) is 0.700. The first-order valence-corrected chi connectivity index (χ1v) is 5.64. The minimum atomic E-state index is -1.54. The summed E-state index contributed by atoms with van der Waals surface area (Å²) in [6.07, 6.45) is 6.54. The van der Waals surface area contributed by atoms with E-state index in [0.29, 0.717) is 17.8 Å². The molecule has 6 nitrogen and oxygen atoms in total. The van der Waals surface area contributed by atoms with Gasteiger partial charge in [0, 0.05) is 30.0 Å². The van der Waals surface area contributed by atoms with Gasteiger partial charge in [0.05, 0.1) is 12.4 Å². The summed E-state index contributed by atoms with van der Waals surface area (Å²) in [5.41, 5.74) is 1.25. The van der Waals surface area contributed by atoms with Crippen LogP contribution in [0, 0.1) is 0 Å². The number of aromatic nitrogens is 3. The third-order valence-corrected chi connectivity index (χ3v) is 2.45. The summed E-state index contributed by atoms with van der Waals surface area (Å²) in [6, 6.07) is 1.54. The zero-order valence-corrected chi connectivity index (χ0v) is 10.0. The van der Waals surface area contributed by atoms with Crippen molar-refractivity contribution in [1.82, 2.24) is 14.8 Å². The average molecular weight is 247 g/mol. The van der Waals surface area contributed by atoms with E-state index < -0.39 is 7.12 Å². The Balaban J connectivity index is 1.99. The molecule has 2 N–H and O–H groups in total. The highest BCUT2D eigenvalue weighted by molar-refractivity contribution is 6.58. The van der Waals surface area contributed by atoms with E-state index in [9.17, 15) is 0 Å². The van der Waals surface area contributed by atoms with Crippen LogP contribution in [0.5, 0.6) is 5.75 Å². The summed E-state index contributed by atoms with van der Waals surface area (Å²) in [6.45, 7) is 3.19. The number of hydrogen-bond donors (Lipinski definition) is 2. The smallest absolute Gasteiger partial charge is 0.487 e. The fourth-order valence-electron chi connectivity index (χ4n) is 1.48. The summed E-state index contributed by atoms with van der Waals surface area (Å²) < 4.78 is 7.31. The van der Waals surface area contributed by atoms with Crippen molar-refractivity contribution < 1.29 is 14.8 Å².